The van der Waals surface area contributed by atoms with E-state index in [-0.39, 0.29) is 0 Å². The van der Waals surface area contributed by atoms with E-state index < -0.39 is 6.09 Å². The number of carboxylic acid groups (broad SMARTS) is 1. The Morgan fingerprint density at radius 3 is 3.00 bits per heavy atom. The molecule has 3 rings (SSSR count). The van der Waals surface area contributed by atoms with Crippen molar-refractivity contribution < 1.29 is 14.6 Å². The van der Waals surface area contributed by atoms with Crippen LogP contribution in [0.2, 0.25) is 0 Å². The lowest BCUT2D eigenvalue weighted by atomic mass is 10.1. The average molecular weight is 288 g/mol. The monoisotopic (exact) mass is 288 g/mol. The summed E-state index contributed by atoms with van der Waals surface area (Å²) in [5.74, 6) is 0.666. The van der Waals surface area contributed by atoms with E-state index in [2.05, 4.69) is 5.10 Å². The first-order valence-corrected chi connectivity index (χ1v) is 6.57. The molecule has 0 saturated heterocycles. The smallest absolute Gasteiger partial charge is 0.407 e. The Hall–Kier alpha value is -2.70. The van der Waals surface area contributed by atoms with Crippen LogP contribution in [0, 0.1) is 0 Å². The number of hydrogen-bond donors (Lipinski definition) is 2. The number of anilines is 1. The van der Waals surface area contributed by atoms with Crippen LogP contribution in [0.1, 0.15) is 11.3 Å². The Bertz CT molecular complexity index is 696. The van der Waals surface area contributed by atoms with E-state index >= 15 is 0 Å². The van der Waals surface area contributed by atoms with Gasteiger partial charge in [0.2, 0.25) is 0 Å². The molecular formula is C14H16N4O3. The molecule has 0 radical (unpaired) electrons. The van der Waals surface area contributed by atoms with Gasteiger partial charge in [-0.3, -0.25) is 0 Å². The number of nitrogens with zero attached hydrogens (tertiary/aromatic N) is 3. The van der Waals surface area contributed by atoms with Crippen molar-refractivity contribution in [1.29, 1.82) is 0 Å². The van der Waals surface area contributed by atoms with Crippen molar-refractivity contribution >= 4 is 11.8 Å². The molecule has 2 aromatic rings. The van der Waals surface area contributed by atoms with Crippen molar-refractivity contribution in [2.75, 3.05) is 19.4 Å². The topological polar surface area (TPSA) is 93.6 Å². The first-order chi connectivity index (χ1) is 10.1. The van der Waals surface area contributed by atoms with Crippen molar-refractivity contribution in [2.45, 2.75) is 13.0 Å². The van der Waals surface area contributed by atoms with Crippen molar-refractivity contribution in [3.63, 3.8) is 0 Å². The summed E-state index contributed by atoms with van der Waals surface area (Å²) in [6.07, 6.45) is 1.54. The molecule has 0 fully saturated rings. The third kappa shape index (κ3) is 2.37. The lowest BCUT2D eigenvalue weighted by molar-refractivity contribution is 0.140. The lowest BCUT2D eigenvalue weighted by Crippen LogP contribution is -2.34. The number of aromatic nitrogens is 2. The second-order valence-corrected chi connectivity index (χ2v) is 4.93. The summed E-state index contributed by atoms with van der Waals surface area (Å²) in [6, 6.07) is 5.33. The van der Waals surface area contributed by atoms with Crippen LogP contribution in [0.4, 0.5) is 10.5 Å². The van der Waals surface area contributed by atoms with Gasteiger partial charge >= 0.3 is 6.09 Å². The van der Waals surface area contributed by atoms with Gasteiger partial charge in [-0.1, -0.05) is 0 Å². The molecule has 110 valence electrons. The zero-order chi connectivity index (χ0) is 15.0. The van der Waals surface area contributed by atoms with E-state index in [0.29, 0.717) is 30.9 Å². The molecule has 0 bridgehead atoms. The van der Waals surface area contributed by atoms with Crippen LogP contribution in [0.5, 0.6) is 5.75 Å². The standard InChI is InChI=1S/C14H16N4O3/c1-21-13-3-2-10(15)6-12(13)18-8-9-7-17(14(19)20)5-4-11(9)16-18/h2-3,6,8H,4-5,7,15H2,1H3,(H,19,20). The normalized spacial score (nSPS) is 13.9. The molecule has 7 nitrogen and oxygen atoms in total. The van der Waals surface area contributed by atoms with Crippen LogP contribution < -0.4 is 10.5 Å². The molecule has 0 unspecified atom stereocenters. The van der Waals surface area contributed by atoms with Gasteiger partial charge < -0.3 is 20.5 Å². The molecule has 0 atom stereocenters. The Balaban J connectivity index is 1.99. The maximum Gasteiger partial charge on any atom is 0.407 e. The number of nitrogens with two attached hydrogens (primary N) is 1. The van der Waals surface area contributed by atoms with Gasteiger partial charge in [0, 0.05) is 30.4 Å². The zero-order valence-electron chi connectivity index (χ0n) is 11.6. The highest BCUT2D eigenvalue weighted by atomic mass is 16.5. The van der Waals surface area contributed by atoms with E-state index in [4.69, 9.17) is 15.6 Å². The van der Waals surface area contributed by atoms with Crippen LogP contribution in [0.15, 0.2) is 24.4 Å². The van der Waals surface area contributed by atoms with Gasteiger partial charge in [-0.25, -0.2) is 9.48 Å². The highest BCUT2D eigenvalue weighted by Gasteiger charge is 2.23. The molecule has 2 heterocycles. The summed E-state index contributed by atoms with van der Waals surface area (Å²) in [7, 11) is 1.59. The van der Waals surface area contributed by atoms with Crippen molar-refractivity contribution in [1.82, 2.24) is 14.7 Å². The van der Waals surface area contributed by atoms with E-state index in [1.807, 2.05) is 6.20 Å². The number of benzene rings is 1. The number of ether oxygens (including phenoxy) is 1. The highest BCUT2D eigenvalue weighted by Crippen LogP contribution is 2.27. The van der Waals surface area contributed by atoms with Crippen LogP contribution >= 0.6 is 0 Å². The third-order valence-electron chi connectivity index (χ3n) is 3.58. The molecule has 1 aromatic carbocycles. The van der Waals surface area contributed by atoms with E-state index in [0.717, 1.165) is 16.9 Å². The Kier molecular flexibility index (Phi) is 3.17. The van der Waals surface area contributed by atoms with Crippen LogP contribution in [-0.2, 0) is 13.0 Å². The summed E-state index contributed by atoms with van der Waals surface area (Å²) in [5.41, 5.74) is 9.01. The molecular weight excluding hydrogens is 272 g/mol. The molecule has 1 aliphatic heterocycles. The number of amides is 1. The molecule has 1 amide bonds. The summed E-state index contributed by atoms with van der Waals surface area (Å²) >= 11 is 0. The average Bonchev–Trinajstić information content (AvgIpc) is 2.89. The first kappa shape index (κ1) is 13.3. The van der Waals surface area contributed by atoms with Crippen LogP contribution in [0.25, 0.3) is 5.69 Å². The van der Waals surface area contributed by atoms with Gasteiger partial charge in [0.05, 0.1) is 19.3 Å². The van der Waals surface area contributed by atoms with E-state index in [9.17, 15) is 4.79 Å². The van der Waals surface area contributed by atoms with Crippen molar-refractivity contribution in [3.05, 3.63) is 35.7 Å². The number of nitrogen functional groups attached to an aromatic ring is 1. The van der Waals surface area contributed by atoms with Gasteiger partial charge in [0.15, 0.2) is 0 Å². The Labute approximate surface area is 121 Å². The number of methoxy groups -OCH3 is 1. The van der Waals surface area contributed by atoms with Gasteiger partial charge in [-0.2, -0.15) is 5.10 Å². The van der Waals surface area contributed by atoms with Gasteiger partial charge in [0.1, 0.15) is 11.4 Å². The second-order valence-electron chi connectivity index (χ2n) is 4.93. The fourth-order valence-electron chi connectivity index (χ4n) is 2.49. The van der Waals surface area contributed by atoms with Crippen LogP contribution in [-0.4, -0.2) is 39.5 Å². The SMILES string of the molecule is COc1ccc(N)cc1-n1cc2c(n1)CCN(C(=O)O)C2. The Morgan fingerprint density at radius 2 is 2.29 bits per heavy atom. The van der Waals surface area contributed by atoms with Gasteiger partial charge in [-0.05, 0) is 18.2 Å². The molecule has 3 N–H and O–H groups in total. The second kappa shape index (κ2) is 5.01. The van der Waals surface area contributed by atoms with Crippen molar-refractivity contribution in [3.8, 4) is 11.4 Å². The predicted octanol–water partition coefficient (Wildman–Crippen LogP) is 1.50. The fourth-order valence-corrected chi connectivity index (χ4v) is 2.49. The Morgan fingerprint density at radius 1 is 1.48 bits per heavy atom. The summed E-state index contributed by atoms with van der Waals surface area (Å²) < 4.78 is 7.02. The predicted molar refractivity (Wildman–Crippen MR) is 76.7 cm³/mol. The van der Waals surface area contributed by atoms with Gasteiger partial charge in [0.25, 0.3) is 0 Å². The van der Waals surface area contributed by atoms with Gasteiger partial charge in [-0.15, -0.1) is 0 Å². The number of hydrogen-bond acceptors (Lipinski definition) is 4. The molecule has 0 spiro atoms. The van der Waals surface area contributed by atoms with Crippen LogP contribution in [0.3, 0.4) is 0 Å². The first-order valence-electron chi connectivity index (χ1n) is 6.57. The van der Waals surface area contributed by atoms with Crippen molar-refractivity contribution in [2.24, 2.45) is 0 Å². The molecule has 1 aromatic heterocycles. The summed E-state index contributed by atoms with van der Waals surface area (Å²) in [5, 5.41) is 13.6. The molecule has 0 aliphatic carbocycles. The maximum atomic E-state index is 11.0. The molecule has 0 saturated carbocycles. The molecule has 7 heteroatoms. The summed E-state index contributed by atoms with van der Waals surface area (Å²) in [6.45, 7) is 0.822. The maximum absolute atomic E-state index is 11.0. The van der Waals surface area contributed by atoms with E-state index in [1.165, 1.54) is 4.90 Å². The number of carbonyl (C=O) groups is 1. The fraction of sp³-hybridized carbons (Fsp3) is 0.286. The largest absolute Gasteiger partial charge is 0.494 e. The minimum absolute atomic E-state index is 0.356. The van der Waals surface area contributed by atoms with E-state index in [1.54, 1.807) is 30.0 Å². The number of rotatable bonds is 2. The minimum atomic E-state index is -0.907. The third-order valence-corrected chi connectivity index (χ3v) is 3.58. The highest BCUT2D eigenvalue weighted by molar-refractivity contribution is 5.65. The quantitative estimate of drug-likeness (QED) is 0.817. The number of fused-ring (bicyclic) bond motifs is 1. The zero-order valence-corrected chi connectivity index (χ0v) is 11.6. The molecule has 1 aliphatic rings. The summed E-state index contributed by atoms with van der Waals surface area (Å²) in [4.78, 5) is 12.4. The molecule has 21 heavy (non-hydrogen) atoms. The minimum Gasteiger partial charge on any atom is -0.494 e. The lowest BCUT2D eigenvalue weighted by Gasteiger charge is -2.22.